The Bertz CT molecular complexity index is 2350. The van der Waals surface area contributed by atoms with Crippen molar-refractivity contribution in [3.63, 3.8) is 0 Å². The molecule has 2 heterocycles. The van der Waals surface area contributed by atoms with Crippen molar-refractivity contribution in [1.29, 1.82) is 0 Å². The highest BCUT2D eigenvalue weighted by Gasteiger charge is 2.76. The number of carbonyl (C=O) groups is 7. The summed E-state index contributed by atoms with van der Waals surface area (Å²) in [6, 6.07) is 12.6. The number of aliphatic hydroxyl groups excluding tert-OH is 2. The van der Waals surface area contributed by atoms with Crippen molar-refractivity contribution < 1.29 is 62.4 Å². The van der Waals surface area contributed by atoms with Crippen LogP contribution in [0.15, 0.2) is 84.5 Å². The Kier molecular flexibility index (Phi) is 12.0. The van der Waals surface area contributed by atoms with Gasteiger partial charge in [0, 0.05) is 65.5 Å². The molecule has 4 aliphatic carbocycles. The summed E-state index contributed by atoms with van der Waals surface area (Å²) in [5.74, 6) is -3.92. The summed E-state index contributed by atoms with van der Waals surface area (Å²) in [7, 11) is 0. The van der Waals surface area contributed by atoms with Crippen LogP contribution in [0.4, 0.5) is 10.1 Å². The number of rotatable bonds is 14. The Morgan fingerprint density at radius 1 is 0.953 bits per heavy atom. The van der Waals surface area contributed by atoms with Crippen LogP contribution in [0.5, 0.6) is 11.5 Å². The number of allylic oxidation sites excluding steroid dienone is 4. The molecule has 12 atom stereocenters. The molecule has 15 nitrogen and oxygen atoms in total. The lowest BCUT2D eigenvalue weighted by molar-refractivity contribution is -0.203. The minimum atomic E-state index is -1.60. The predicted octanol–water partition coefficient (Wildman–Crippen LogP) is 4.38. The van der Waals surface area contributed by atoms with Gasteiger partial charge in [-0.2, -0.15) is 0 Å². The third-order valence-electron chi connectivity index (χ3n) is 14.6. The number of halogens is 1. The molecular weight excluding hydrogens is 830 g/mol. The van der Waals surface area contributed by atoms with Gasteiger partial charge >= 0.3 is 0 Å². The average molecular weight is 882 g/mol. The largest absolute Gasteiger partial charge is 0.457 e. The molecule has 4 fully saturated rings. The lowest BCUT2D eigenvalue weighted by Gasteiger charge is -2.60. The second kappa shape index (κ2) is 17.0. The molecule has 2 aliphatic heterocycles. The van der Waals surface area contributed by atoms with Gasteiger partial charge in [-0.3, -0.25) is 38.5 Å². The summed E-state index contributed by atoms with van der Waals surface area (Å²) in [4.78, 5) is 88.5. The number of Topliss-reactive ketones (excluding diaryl/α,β-unsaturated/α-hetero) is 2. The van der Waals surface area contributed by atoms with Gasteiger partial charge in [-0.15, -0.1) is 0 Å². The third kappa shape index (κ3) is 7.73. The number of anilines is 1. The molecule has 6 aliphatic rings. The van der Waals surface area contributed by atoms with Crippen molar-refractivity contribution in [3.8, 4) is 11.5 Å². The highest BCUT2D eigenvalue weighted by Crippen LogP contribution is 2.70. The van der Waals surface area contributed by atoms with Gasteiger partial charge in [0.25, 0.3) is 11.8 Å². The minimum absolute atomic E-state index is 0.0884. The Morgan fingerprint density at radius 3 is 2.27 bits per heavy atom. The molecule has 0 unspecified atom stereocenters. The van der Waals surface area contributed by atoms with E-state index in [0.717, 1.165) is 17.1 Å². The van der Waals surface area contributed by atoms with Crippen LogP contribution in [0.3, 0.4) is 0 Å². The molecule has 4 amide bonds. The van der Waals surface area contributed by atoms with Gasteiger partial charge in [0.15, 0.2) is 29.2 Å². The van der Waals surface area contributed by atoms with E-state index < -0.39 is 95.0 Å². The smallest absolute Gasteiger partial charge is 0.253 e. The van der Waals surface area contributed by atoms with Crippen molar-refractivity contribution in [1.82, 2.24) is 10.2 Å². The molecule has 0 spiro atoms. The van der Waals surface area contributed by atoms with Gasteiger partial charge in [-0.05, 0) is 92.1 Å². The highest BCUT2D eigenvalue weighted by atomic mass is 19.1. The van der Waals surface area contributed by atoms with Crippen LogP contribution >= 0.6 is 0 Å². The number of benzene rings is 2. The second-order valence-electron chi connectivity index (χ2n) is 18.4. The number of alkyl halides is 1. The first-order valence-corrected chi connectivity index (χ1v) is 21.7. The van der Waals surface area contributed by atoms with E-state index >= 15 is 4.39 Å². The Labute approximate surface area is 369 Å². The van der Waals surface area contributed by atoms with Crippen molar-refractivity contribution in [2.45, 2.75) is 96.1 Å². The number of fused-ring (bicyclic) bond motifs is 7. The number of ether oxygens (including phenoxy) is 3. The molecule has 2 aromatic carbocycles. The van der Waals surface area contributed by atoms with Crippen molar-refractivity contribution in [2.75, 3.05) is 18.5 Å². The number of aliphatic hydroxyl groups is 2. The normalized spacial score (nSPS) is 33.4. The zero-order valence-electron chi connectivity index (χ0n) is 36.0. The fourth-order valence-corrected chi connectivity index (χ4v) is 11.4. The van der Waals surface area contributed by atoms with Gasteiger partial charge in [-0.1, -0.05) is 39.0 Å². The Hall–Kier alpha value is -5.68. The Morgan fingerprint density at radius 2 is 1.61 bits per heavy atom. The van der Waals surface area contributed by atoms with Crippen LogP contribution in [0.2, 0.25) is 0 Å². The van der Waals surface area contributed by atoms with Crippen LogP contribution in [0.25, 0.3) is 0 Å². The van der Waals surface area contributed by atoms with E-state index in [1.54, 1.807) is 61.5 Å². The lowest BCUT2D eigenvalue weighted by Crippen LogP contribution is -2.64. The van der Waals surface area contributed by atoms with E-state index in [-0.39, 0.29) is 55.6 Å². The molecule has 1 saturated heterocycles. The summed E-state index contributed by atoms with van der Waals surface area (Å²) in [6.45, 7) is 5.93. The van der Waals surface area contributed by atoms with Gasteiger partial charge in [0.2, 0.25) is 11.8 Å². The van der Waals surface area contributed by atoms with E-state index in [1.165, 1.54) is 19.1 Å². The molecule has 64 heavy (non-hydrogen) atoms. The number of amides is 4. The van der Waals surface area contributed by atoms with Gasteiger partial charge in [-0.25, -0.2) is 4.39 Å². The second-order valence-corrected chi connectivity index (χ2v) is 18.4. The lowest BCUT2D eigenvalue weighted by atomic mass is 9.46. The predicted molar refractivity (Wildman–Crippen MR) is 226 cm³/mol. The van der Waals surface area contributed by atoms with E-state index in [4.69, 9.17) is 14.2 Å². The minimum Gasteiger partial charge on any atom is -0.457 e. The quantitative estimate of drug-likeness (QED) is 0.195. The summed E-state index contributed by atoms with van der Waals surface area (Å²) < 4.78 is 35.1. The van der Waals surface area contributed by atoms with Gasteiger partial charge < -0.3 is 35.1 Å². The number of hydrogen-bond donors (Lipinski definition) is 4. The highest BCUT2D eigenvalue weighted by molar-refractivity contribution is 6.13. The van der Waals surface area contributed by atoms with Gasteiger partial charge in [0.05, 0.1) is 18.2 Å². The summed E-state index contributed by atoms with van der Waals surface area (Å²) in [5, 5.41) is 27.5. The third-order valence-corrected chi connectivity index (χ3v) is 14.6. The molecule has 0 bridgehead atoms. The maximum atomic E-state index is 15.9. The molecule has 0 aromatic heterocycles. The van der Waals surface area contributed by atoms with Crippen LogP contribution in [-0.2, 0) is 43.0 Å². The molecule has 8 rings (SSSR count). The van der Waals surface area contributed by atoms with Crippen molar-refractivity contribution >= 4 is 46.7 Å². The van der Waals surface area contributed by atoms with Crippen LogP contribution < -0.4 is 15.4 Å². The first-order valence-electron chi connectivity index (χ1n) is 21.7. The number of nitrogens with zero attached hydrogens (tertiary/aromatic N) is 1. The topological polar surface area (TPSA) is 215 Å². The standard InChI is InChI=1S/C48H52FN3O12/c1-25(19-36(55)26(2)50-40(58)16-18-52-41(59)13-14-42(52)60)44(61)51-28-7-11-31(12-8-28)62-30-9-5-27(6-10-30)45-63-39-22-33-32-21-35(49)34-20-29(54)15-17-46(34,3)43(32)37(56)23-47(33,4)48(39,64-45)38(57)24-53/h5-15,17,20,25-26,32-33,35,37,39,43,45,53,56H,16,18-19,21-24H2,1-4H3,(H,50,58)(H,51,61)/t25-,26+,32+,33+,35+,37+,39-,43-,45-,46+,47+,48-/m1/s1. The number of hydrogen-bond acceptors (Lipinski definition) is 12. The SMILES string of the molecule is C[C@H](CC(=O)[C@H](C)NC(=O)CCN1C(=O)C=CC1=O)C(=O)Nc1ccc(Oc2ccc([C@@H]3O[C@@H]4C[C@H]5[C@@H]6C[C@H](F)C7=CC(=O)C=C[C@]7(C)[C@H]6[C@@H](O)C[C@]5(C)[C@]4(C(=O)CO)O3)cc2)cc1. The summed E-state index contributed by atoms with van der Waals surface area (Å²) in [5.41, 5.74) is -2.03. The first kappa shape index (κ1) is 44.9. The number of nitrogens with one attached hydrogen (secondary N) is 2. The zero-order valence-corrected chi connectivity index (χ0v) is 36.0. The van der Waals surface area contributed by atoms with Crippen LogP contribution in [0, 0.1) is 34.5 Å². The molecule has 0 radical (unpaired) electrons. The van der Waals surface area contributed by atoms with Crippen LogP contribution in [-0.4, -0.2) is 99.3 Å². The van der Waals surface area contributed by atoms with Crippen LogP contribution in [0.1, 0.15) is 71.7 Å². The number of imide groups is 1. The van der Waals surface area contributed by atoms with Gasteiger partial charge in [0.1, 0.15) is 24.3 Å². The molecule has 2 aromatic rings. The molecular formula is C48H52FN3O12. The number of ketones is 3. The Balaban J connectivity index is 0.855. The van der Waals surface area contributed by atoms with Crippen molar-refractivity contribution in [2.24, 2.45) is 34.5 Å². The maximum Gasteiger partial charge on any atom is 0.253 e. The van der Waals surface area contributed by atoms with E-state index in [1.807, 2.05) is 13.8 Å². The molecule has 338 valence electrons. The summed E-state index contributed by atoms with van der Waals surface area (Å²) >= 11 is 0. The average Bonchev–Trinajstić information content (AvgIpc) is 3.88. The fourth-order valence-electron chi connectivity index (χ4n) is 11.4. The summed E-state index contributed by atoms with van der Waals surface area (Å²) in [6.07, 6.45) is 2.97. The number of carbonyl (C=O) groups excluding carboxylic acids is 7. The zero-order chi connectivity index (χ0) is 45.9. The van der Waals surface area contributed by atoms with E-state index in [9.17, 15) is 43.8 Å². The monoisotopic (exact) mass is 881 g/mol. The van der Waals surface area contributed by atoms with E-state index in [0.29, 0.717) is 34.7 Å². The molecule has 4 N–H and O–H groups in total. The first-order chi connectivity index (χ1) is 30.4. The fraction of sp³-hybridized carbons (Fsp3) is 0.479. The van der Waals surface area contributed by atoms with E-state index in [2.05, 4.69) is 10.6 Å². The molecule has 3 saturated carbocycles. The van der Waals surface area contributed by atoms with Crippen molar-refractivity contribution in [3.05, 3.63) is 90.0 Å². The maximum absolute atomic E-state index is 15.9. The molecule has 16 heteroatoms.